The van der Waals surface area contributed by atoms with E-state index in [1.54, 1.807) is 19.4 Å². The lowest BCUT2D eigenvalue weighted by Gasteiger charge is -2.23. The Hall–Kier alpha value is -2.07. The third-order valence-corrected chi connectivity index (χ3v) is 4.44. The van der Waals surface area contributed by atoms with E-state index in [9.17, 15) is 5.11 Å². The van der Waals surface area contributed by atoms with E-state index in [1.807, 2.05) is 18.2 Å². The maximum Gasteiger partial charge on any atom is 0.145 e. The number of hydrogen-bond donors (Lipinski definition) is 2. The van der Waals surface area contributed by atoms with Crippen molar-refractivity contribution in [2.75, 3.05) is 13.7 Å². The largest absolute Gasteiger partial charge is 0.508 e. The molecule has 1 aliphatic heterocycles. The number of nitrogens with one attached hydrogen (secondary N) is 1. The molecule has 0 bridgehead atoms. The van der Waals surface area contributed by atoms with E-state index >= 15 is 0 Å². The summed E-state index contributed by atoms with van der Waals surface area (Å²) in [4.78, 5) is 4.40. The summed E-state index contributed by atoms with van der Waals surface area (Å²) >= 11 is 0. The number of pyridine rings is 1. The number of aromatic hydroxyl groups is 1. The third kappa shape index (κ3) is 4.02. The Balaban J connectivity index is 1.78. The molecule has 2 N–H and O–H groups in total. The van der Waals surface area contributed by atoms with Crippen molar-refractivity contribution in [2.24, 2.45) is 0 Å². The molecule has 3 rings (SSSR count). The topological polar surface area (TPSA) is 54.4 Å². The molecule has 1 atom stereocenters. The van der Waals surface area contributed by atoms with Gasteiger partial charge in [-0.2, -0.15) is 0 Å². The Morgan fingerprint density at radius 2 is 2.22 bits per heavy atom. The van der Waals surface area contributed by atoms with Crippen molar-refractivity contribution in [3.8, 4) is 22.8 Å². The van der Waals surface area contributed by atoms with Gasteiger partial charge in [-0.15, -0.1) is 0 Å². The highest BCUT2D eigenvalue weighted by Crippen LogP contribution is 2.31. The van der Waals surface area contributed by atoms with Crippen molar-refractivity contribution in [1.29, 1.82) is 0 Å². The molecule has 1 aromatic heterocycles. The van der Waals surface area contributed by atoms with Gasteiger partial charge in [0.15, 0.2) is 0 Å². The van der Waals surface area contributed by atoms with Gasteiger partial charge in [-0.25, -0.2) is 0 Å². The maximum absolute atomic E-state index is 10.1. The van der Waals surface area contributed by atoms with Gasteiger partial charge in [-0.3, -0.25) is 4.98 Å². The second-order valence-corrected chi connectivity index (χ2v) is 6.13. The fourth-order valence-corrected chi connectivity index (χ4v) is 3.24. The number of rotatable bonds is 5. The Bertz CT molecular complexity index is 652. The molecule has 2 heterocycles. The van der Waals surface area contributed by atoms with Crippen molar-refractivity contribution >= 4 is 0 Å². The molecule has 0 radical (unpaired) electrons. The SMILES string of the molecule is COc1cccnc1-c1cc(O)cc(CCC2CCCCN2)c1. The number of aromatic nitrogens is 1. The van der Waals surface area contributed by atoms with Gasteiger partial charge in [0.05, 0.1) is 7.11 Å². The molecule has 1 fully saturated rings. The number of nitrogens with zero attached hydrogens (tertiary/aromatic N) is 1. The highest BCUT2D eigenvalue weighted by molar-refractivity contribution is 5.68. The van der Waals surface area contributed by atoms with Gasteiger partial charge in [0.2, 0.25) is 0 Å². The fourth-order valence-electron chi connectivity index (χ4n) is 3.24. The lowest BCUT2D eigenvalue weighted by molar-refractivity contribution is 0.382. The van der Waals surface area contributed by atoms with Crippen LogP contribution in [0.15, 0.2) is 36.5 Å². The van der Waals surface area contributed by atoms with Gasteiger partial charge >= 0.3 is 0 Å². The van der Waals surface area contributed by atoms with Crippen LogP contribution in [0, 0.1) is 0 Å². The summed E-state index contributed by atoms with van der Waals surface area (Å²) in [6, 6.07) is 10.0. The van der Waals surface area contributed by atoms with Crippen LogP contribution < -0.4 is 10.1 Å². The van der Waals surface area contributed by atoms with Gasteiger partial charge in [-0.1, -0.05) is 6.42 Å². The minimum Gasteiger partial charge on any atom is -0.508 e. The molecule has 0 spiro atoms. The number of phenols is 1. The van der Waals surface area contributed by atoms with E-state index in [1.165, 1.54) is 19.3 Å². The van der Waals surface area contributed by atoms with Crippen LogP contribution in [0.1, 0.15) is 31.2 Å². The third-order valence-electron chi connectivity index (χ3n) is 4.44. The zero-order valence-electron chi connectivity index (χ0n) is 13.6. The second-order valence-electron chi connectivity index (χ2n) is 6.13. The van der Waals surface area contributed by atoms with Gasteiger partial charge in [-0.05, 0) is 68.1 Å². The standard InChI is InChI=1S/C19H24N2O2/c1-23-18-6-4-10-21-19(18)15-11-14(12-17(22)13-15)7-8-16-5-2-3-9-20-16/h4,6,10-13,16,20,22H,2-3,5,7-9H2,1H3. The van der Waals surface area contributed by atoms with Gasteiger partial charge < -0.3 is 15.2 Å². The number of aryl methyl sites for hydroxylation is 1. The molecule has 1 aliphatic rings. The first kappa shape index (κ1) is 15.8. The highest BCUT2D eigenvalue weighted by atomic mass is 16.5. The molecule has 1 aromatic carbocycles. The van der Waals surface area contributed by atoms with Crippen LogP contribution in [-0.2, 0) is 6.42 Å². The molecule has 4 nitrogen and oxygen atoms in total. The fraction of sp³-hybridized carbons (Fsp3) is 0.421. The molecule has 0 amide bonds. The first-order chi connectivity index (χ1) is 11.3. The maximum atomic E-state index is 10.1. The van der Waals surface area contributed by atoms with Crippen molar-refractivity contribution in [1.82, 2.24) is 10.3 Å². The van der Waals surface area contributed by atoms with Crippen molar-refractivity contribution in [3.63, 3.8) is 0 Å². The number of phenolic OH excluding ortho intramolecular Hbond substituents is 1. The lowest BCUT2D eigenvalue weighted by Crippen LogP contribution is -2.34. The van der Waals surface area contributed by atoms with Crippen molar-refractivity contribution < 1.29 is 9.84 Å². The van der Waals surface area contributed by atoms with Crippen LogP contribution >= 0.6 is 0 Å². The van der Waals surface area contributed by atoms with E-state index in [0.29, 0.717) is 6.04 Å². The van der Waals surface area contributed by atoms with Crippen molar-refractivity contribution in [3.05, 3.63) is 42.1 Å². The van der Waals surface area contributed by atoms with Crippen LogP contribution in [0.3, 0.4) is 0 Å². The van der Waals surface area contributed by atoms with Crippen molar-refractivity contribution in [2.45, 2.75) is 38.1 Å². The number of methoxy groups -OCH3 is 1. The Labute approximate surface area is 137 Å². The Morgan fingerprint density at radius 3 is 3.00 bits per heavy atom. The molecule has 23 heavy (non-hydrogen) atoms. The summed E-state index contributed by atoms with van der Waals surface area (Å²) in [6.45, 7) is 1.13. The normalized spacial score (nSPS) is 17.9. The average Bonchev–Trinajstić information content (AvgIpc) is 2.60. The molecular weight excluding hydrogens is 288 g/mol. The minimum absolute atomic E-state index is 0.279. The summed E-state index contributed by atoms with van der Waals surface area (Å²) < 4.78 is 5.38. The number of piperidine rings is 1. The quantitative estimate of drug-likeness (QED) is 0.886. The van der Waals surface area contributed by atoms with Crippen LogP contribution in [0.4, 0.5) is 0 Å². The second kappa shape index (κ2) is 7.47. The summed E-state index contributed by atoms with van der Waals surface area (Å²) in [5, 5.41) is 13.6. The smallest absolute Gasteiger partial charge is 0.145 e. The number of ether oxygens (including phenoxy) is 1. The number of benzene rings is 1. The zero-order chi connectivity index (χ0) is 16.1. The molecule has 122 valence electrons. The van der Waals surface area contributed by atoms with E-state index < -0.39 is 0 Å². The Kier molecular flexibility index (Phi) is 5.13. The molecule has 4 heteroatoms. The molecule has 2 aromatic rings. The summed E-state index contributed by atoms with van der Waals surface area (Å²) in [6.07, 6.45) is 7.64. The summed E-state index contributed by atoms with van der Waals surface area (Å²) in [5.74, 6) is 1.000. The summed E-state index contributed by atoms with van der Waals surface area (Å²) in [5.41, 5.74) is 2.80. The highest BCUT2D eigenvalue weighted by Gasteiger charge is 2.14. The lowest BCUT2D eigenvalue weighted by atomic mass is 9.96. The first-order valence-electron chi connectivity index (χ1n) is 8.32. The average molecular weight is 312 g/mol. The molecule has 1 unspecified atom stereocenters. The van der Waals surface area contributed by atoms with E-state index in [0.717, 1.165) is 42.0 Å². The van der Waals surface area contributed by atoms with Crippen LogP contribution in [0.5, 0.6) is 11.5 Å². The number of hydrogen-bond acceptors (Lipinski definition) is 4. The van der Waals surface area contributed by atoms with Crippen LogP contribution in [-0.4, -0.2) is 29.8 Å². The van der Waals surface area contributed by atoms with E-state index in [-0.39, 0.29) is 5.75 Å². The predicted molar refractivity (Wildman–Crippen MR) is 91.9 cm³/mol. The van der Waals surface area contributed by atoms with Crippen LogP contribution in [0.25, 0.3) is 11.3 Å². The van der Waals surface area contributed by atoms with Crippen LogP contribution in [0.2, 0.25) is 0 Å². The monoisotopic (exact) mass is 312 g/mol. The molecule has 1 saturated heterocycles. The minimum atomic E-state index is 0.279. The zero-order valence-corrected chi connectivity index (χ0v) is 13.6. The molecule has 0 aliphatic carbocycles. The molecule has 0 saturated carbocycles. The van der Waals surface area contributed by atoms with Gasteiger partial charge in [0, 0.05) is 17.8 Å². The first-order valence-corrected chi connectivity index (χ1v) is 8.32. The molecular formula is C19H24N2O2. The van der Waals surface area contributed by atoms with Gasteiger partial charge in [0.25, 0.3) is 0 Å². The summed E-state index contributed by atoms with van der Waals surface area (Å²) in [7, 11) is 1.64. The predicted octanol–water partition coefficient (Wildman–Crippen LogP) is 3.54. The van der Waals surface area contributed by atoms with E-state index in [2.05, 4.69) is 16.4 Å². The van der Waals surface area contributed by atoms with E-state index in [4.69, 9.17) is 4.74 Å². The van der Waals surface area contributed by atoms with Gasteiger partial charge in [0.1, 0.15) is 17.2 Å². The Morgan fingerprint density at radius 1 is 1.30 bits per heavy atom.